The molecule has 0 aliphatic heterocycles. The summed E-state index contributed by atoms with van der Waals surface area (Å²) in [5.74, 6) is -2.39. The molecule has 3 unspecified atom stereocenters. The van der Waals surface area contributed by atoms with Crippen molar-refractivity contribution in [1.82, 2.24) is 5.32 Å². The Morgan fingerprint density at radius 2 is 0.786 bits per heavy atom. The summed E-state index contributed by atoms with van der Waals surface area (Å²) in [5.41, 5.74) is 0. The number of ether oxygens (including phenoxy) is 1. The molecule has 0 saturated heterocycles. The zero-order valence-corrected chi connectivity index (χ0v) is 45.2. The molecule has 4 N–H and O–H groups in total. The molecule has 0 spiro atoms. The fraction of sp³-hybridized carbons (Fsp3) is 0.741. The van der Waals surface area contributed by atoms with Crippen molar-refractivity contribution in [1.29, 1.82) is 0 Å². The third kappa shape index (κ3) is 51.3. The standard InChI is InChI=1S/C58H102NO10P/c1-3-5-7-9-11-13-15-17-19-21-23-25-27-29-31-33-35-37-39-41-43-45-47-49-56(61)59-55(58(63)64)53-69-70(65,66)68-52-54(60)51-67-57(62)50-48-46-44-42-40-38-36-34-32-30-28-26-24-22-20-18-16-14-12-10-8-6-4-2/h11-14,17-20,23,25,29,31,54-55,60H,3-10,15-16,21-22,24,26-28,30,32-53H2,1-2H3,(H,59,61)(H,63,64)(H,65,66)/b13-11-,14-12-,19-17-,20-18-,25-23-,31-29-. The Morgan fingerprint density at radius 3 is 1.17 bits per heavy atom. The van der Waals surface area contributed by atoms with Crippen molar-refractivity contribution in [3.63, 3.8) is 0 Å². The van der Waals surface area contributed by atoms with Gasteiger partial charge >= 0.3 is 19.8 Å². The van der Waals surface area contributed by atoms with E-state index in [2.05, 4.69) is 92.1 Å². The summed E-state index contributed by atoms with van der Waals surface area (Å²) in [5, 5.41) is 22.0. The molecule has 0 fully saturated rings. The molecule has 0 rings (SSSR count). The van der Waals surface area contributed by atoms with Crippen molar-refractivity contribution < 1.29 is 47.8 Å². The fourth-order valence-electron chi connectivity index (χ4n) is 7.62. The first kappa shape index (κ1) is 66.9. The van der Waals surface area contributed by atoms with Crippen molar-refractivity contribution in [2.75, 3.05) is 19.8 Å². The number of carbonyl (C=O) groups excluding carboxylic acids is 2. The SMILES string of the molecule is CCCCC/C=C\C/C=C\C/C=C\C/C=C\CCCCCCCCCC(=O)NC(COP(=O)(O)OCC(O)COC(=O)CCCCCCCCCCCCCCC/C=C\C/C=C\CCCCC)C(=O)O. The lowest BCUT2D eigenvalue weighted by molar-refractivity contribution is -0.147. The minimum atomic E-state index is -4.77. The number of hydrogen-bond acceptors (Lipinski definition) is 8. The van der Waals surface area contributed by atoms with Crippen LogP contribution in [-0.4, -0.2) is 64.9 Å². The van der Waals surface area contributed by atoms with Crippen LogP contribution in [0, 0.1) is 0 Å². The summed E-state index contributed by atoms with van der Waals surface area (Å²) in [6.45, 7) is 2.57. The maximum absolute atomic E-state index is 12.4. The number of aliphatic carboxylic acids is 1. The van der Waals surface area contributed by atoms with Crippen LogP contribution in [0.25, 0.3) is 0 Å². The average molecular weight is 1000 g/mol. The largest absolute Gasteiger partial charge is 0.480 e. The van der Waals surface area contributed by atoms with Gasteiger partial charge < -0.3 is 25.2 Å². The van der Waals surface area contributed by atoms with E-state index in [1.54, 1.807) is 0 Å². The van der Waals surface area contributed by atoms with Crippen LogP contribution >= 0.6 is 7.82 Å². The number of carboxylic acids is 1. The summed E-state index contributed by atoms with van der Waals surface area (Å²) in [6, 6.07) is -1.56. The number of amides is 1. The van der Waals surface area contributed by atoms with Crippen LogP contribution in [0.3, 0.4) is 0 Å². The number of phosphoric ester groups is 1. The molecule has 0 bridgehead atoms. The number of aliphatic hydroxyl groups is 1. The Labute approximate surface area is 427 Å². The smallest absolute Gasteiger partial charge is 0.472 e. The maximum Gasteiger partial charge on any atom is 0.472 e. The highest BCUT2D eigenvalue weighted by atomic mass is 31.2. The number of carbonyl (C=O) groups is 3. The predicted octanol–water partition coefficient (Wildman–Crippen LogP) is 16.0. The molecule has 0 saturated carbocycles. The van der Waals surface area contributed by atoms with E-state index in [-0.39, 0.29) is 12.8 Å². The number of phosphoric acid groups is 1. The molecular weight excluding hydrogens is 902 g/mol. The monoisotopic (exact) mass is 1000 g/mol. The molecule has 404 valence electrons. The quantitative estimate of drug-likeness (QED) is 0.0199. The van der Waals surface area contributed by atoms with Crippen LogP contribution in [0.15, 0.2) is 72.9 Å². The summed E-state index contributed by atoms with van der Waals surface area (Å²) >= 11 is 0. The molecule has 0 radical (unpaired) electrons. The van der Waals surface area contributed by atoms with Gasteiger partial charge in [-0.1, -0.05) is 215 Å². The summed E-state index contributed by atoms with van der Waals surface area (Å²) in [7, 11) is -4.77. The van der Waals surface area contributed by atoms with Gasteiger partial charge in [0.15, 0.2) is 6.04 Å². The van der Waals surface area contributed by atoms with Crippen molar-refractivity contribution in [3.05, 3.63) is 72.9 Å². The highest BCUT2D eigenvalue weighted by Gasteiger charge is 2.28. The van der Waals surface area contributed by atoms with E-state index in [1.165, 1.54) is 116 Å². The van der Waals surface area contributed by atoms with Crippen LogP contribution in [0.1, 0.15) is 245 Å². The summed E-state index contributed by atoms with van der Waals surface area (Å²) in [6.07, 6.45) is 64.9. The van der Waals surface area contributed by atoms with Gasteiger partial charge in [-0.15, -0.1) is 0 Å². The Hall–Kier alpha value is -3.08. The zero-order chi connectivity index (χ0) is 51.3. The van der Waals surface area contributed by atoms with E-state index in [1.807, 2.05) is 0 Å². The van der Waals surface area contributed by atoms with Crippen molar-refractivity contribution in [2.45, 2.75) is 257 Å². The Kier molecular flexibility index (Phi) is 50.0. The van der Waals surface area contributed by atoms with Gasteiger partial charge in [0.1, 0.15) is 12.7 Å². The third-order valence-electron chi connectivity index (χ3n) is 12.0. The topological polar surface area (TPSA) is 169 Å². The number of nitrogens with one attached hydrogen (secondary N) is 1. The van der Waals surface area contributed by atoms with Crippen LogP contribution < -0.4 is 5.32 Å². The minimum Gasteiger partial charge on any atom is -0.480 e. The molecule has 0 aromatic carbocycles. The van der Waals surface area contributed by atoms with Crippen LogP contribution in [0.5, 0.6) is 0 Å². The molecule has 1 amide bonds. The van der Waals surface area contributed by atoms with E-state index >= 15 is 0 Å². The lowest BCUT2D eigenvalue weighted by atomic mass is 10.0. The normalized spacial score (nSPS) is 14.0. The number of carboxylic acid groups (broad SMARTS) is 1. The van der Waals surface area contributed by atoms with Crippen LogP contribution in [0.4, 0.5) is 0 Å². The molecule has 0 aliphatic carbocycles. The first-order chi connectivity index (χ1) is 34.1. The third-order valence-corrected chi connectivity index (χ3v) is 12.9. The molecule has 3 atom stereocenters. The molecular formula is C58H102NO10P. The lowest BCUT2D eigenvalue weighted by Crippen LogP contribution is -2.43. The zero-order valence-electron chi connectivity index (χ0n) is 44.3. The maximum atomic E-state index is 12.4. The number of aliphatic hydroxyl groups excluding tert-OH is 1. The van der Waals surface area contributed by atoms with Gasteiger partial charge in [-0.25, -0.2) is 9.36 Å². The van der Waals surface area contributed by atoms with Crippen molar-refractivity contribution in [2.24, 2.45) is 0 Å². The summed E-state index contributed by atoms with van der Waals surface area (Å²) in [4.78, 5) is 46.2. The highest BCUT2D eigenvalue weighted by molar-refractivity contribution is 7.47. The number of hydrogen-bond donors (Lipinski definition) is 4. The summed E-state index contributed by atoms with van der Waals surface area (Å²) < 4.78 is 27.0. The average Bonchev–Trinajstić information content (AvgIpc) is 3.34. The van der Waals surface area contributed by atoms with Gasteiger partial charge in [0, 0.05) is 12.8 Å². The molecule has 0 aromatic rings. The molecule has 70 heavy (non-hydrogen) atoms. The Bertz CT molecular complexity index is 1460. The van der Waals surface area contributed by atoms with E-state index < -0.39 is 57.6 Å². The van der Waals surface area contributed by atoms with Gasteiger partial charge in [-0.3, -0.25) is 18.6 Å². The van der Waals surface area contributed by atoms with Crippen LogP contribution in [0.2, 0.25) is 0 Å². The van der Waals surface area contributed by atoms with E-state index in [0.29, 0.717) is 12.8 Å². The van der Waals surface area contributed by atoms with Gasteiger partial charge in [0.25, 0.3) is 0 Å². The predicted molar refractivity (Wildman–Crippen MR) is 291 cm³/mol. The fourth-order valence-corrected chi connectivity index (χ4v) is 8.40. The second-order valence-corrected chi connectivity index (χ2v) is 20.2. The van der Waals surface area contributed by atoms with E-state index in [9.17, 15) is 34.1 Å². The molecule has 0 heterocycles. The molecule has 0 aromatic heterocycles. The number of rotatable bonds is 52. The Balaban J connectivity index is 3.82. The molecule has 0 aliphatic rings. The minimum absolute atomic E-state index is 0.131. The van der Waals surface area contributed by atoms with Gasteiger partial charge in [-0.2, -0.15) is 0 Å². The molecule has 11 nitrogen and oxygen atoms in total. The van der Waals surface area contributed by atoms with Crippen molar-refractivity contribution in [3.8, 4) is 0 Å². The van der Waals surface area contributed by atoms with E-state index in [4.69, 9.17) is 13.8 Å². The number of unbranched alkanes of at least 4 members (excludes halogenated alkanes) is 26. The van der Waals surface area contributed by atoms with Crippen LogP contribution in [-0.2, 0) is 32.7 Å². The number of esters is 1. The van der Waals surface area contributed by atoms with Crippen molar-refractivity contribution >= 4 is 25.7 Å². The second-order valence-electron chi connectivity index (χ2n) is 18.8. The molecule has 12 heteroatoms. The van der Waals surface area contributed by atoms with Gasteiger partial charge in [-0.05, 0) is 89.9 Å². The van der Waals surface area contributed by atoms with Gasteiger partial charge in [0.2, 0.25) is 5.91 Å². The van der Waals surface area contributed by atoms with Gasteiger partial charge in [0.05, 0.1) is 13.2 Å². The number of allylic oxidation sites excluding steroid dienone is 12. The highest BCUT2D eigenvalue weighted by Crippen LogP contribution is 2.43. The first-order valence-electron chi connectivity index (χ1n) is 28.0. The second kappa shape index (κ2) is 52.2. The first-order valence-corrected chi connectivity index (χ1v) is 29.5. The van der Waals surface area contributed by atoms with E-state index in [0.717, 1.165) is 89.9 Å². The Morgan fingerprint density at radius 1 is 0.457 bits per heavy atom. The lowest BCUT2D eigenvalue weighted by Gasteiger charge is -2.18.